The molecule has 0 aliphatic carbocycles. The lowest BCUT2D eigenvalue weighted by molar-refractivity contribution is -0.401. The van der Waals surface area contributed by atoms with Gasteiger partial charge >= 0.3 is 7.25 Å². The second-order valence-electron chi connectivity index (χ2n) is 12.3. The van der Waals surface area contributed by atoms with Crippen molar-refractivity contribution in [1.82, 2.24) is 5.32 Å². The number of halogens is 4. The highest BCUT2D eigenvalue weighted by Crippen LogP contribution is 2.47. The van der Waals surface area contributed by atoms with Crippen molar-refractivity contribution < 1.29 is 26.6 Å². The third-order valence-electron chi connectivity index (χ3n) is 8.35. The van der Waals surface area contributed by atoms with Crippen LogP contribution < -0.4 is 10.2 Å². The number of fused-ring (bicyclic) bond motifs is 2. The molecule has 0 saturated carbocycles. The number of anilines is 1. The molecule has 0 saturated heterocycles. The van der Waals surface area contributed by atoms with Gasteiger partial charge in [0.05, 0.1) is 5.41 Å². The summed E-state index contributed by atoms with van der Waals surface area (Å²) in [5.41, 5.74) is 16.0. The summed E-state index contributed by atoms with van der Waals surface area (Å²) in [4.78, 5) is 17.2. The zero-order valence-electron chi connectivity index (χ0n) is 27.2. The van der Waals surface area contributed by atoms with E-state index >= 15 is 0 Å². The van der Waals surface area contributed by atoms with Crippen molar-refractivity contribution in [2.45, 2.75) is 64.2 Å². The molecule has 2 aliphatic heterocycles. The van der Waals surface area contributed by atoms with E-state index in [0.717, 1.165) is 25.8 Å². The summed E-state index contributed by atoms with van der Waals surface area (Å²) in [6, 6.07) is 17.3. The Labute approximate surface area is 269 Å². The topological polar surface area (TPSA) is 84.1 Å². The van der Waals surface area contributed by atoms with E-state index in [1.165, 1.54) is 33.9 Å². The van der Waals surface area contributed by atoms with Crippen molar-refractivity contribution >= 4 is 30.2 Å². The average Bonchev–Trinajstić information content (AvgIpc) is 3.32. The number of nitrogens with one attached hydrogen (secondary N) is 1. The molecule has 7 nitrogen and oxygen atoms in total. The largest absolute Gasteiger partial charge is 0.673 e. The molecule has 0 atom stereocenters. The van der Waals surface area contributed by atoms with Crippen LogP contribution in [0.3, 0.4) is 0 Å². The highest BCUT2D eigenvalue weighted by Gasteiger charge is 2.42. The van der Waals surface area contributed by atoms with Gasteiger partial charge in [-0.2, -0.15) is 4.58 Å². The fourth-order valence-corrected chi connectivity index (χ4v) is 6.15. The summed E-state index contributed by atoms with van der Waals surface area (Å²) in [5.74, 6) is 0.0128. The number of para-hydroxylation sites is 2. The first kappa shape index (κ1) is 36.2. The standard InChI is InChI=1S/C34H42N6O.BF4/c1-33(2)26-16-11-13-18-28(26)39(5)30(33)20-8-6-9-21-31-34(3,4)27-17-12-14-19-29(27)40(31)25-15-7-10-22-32(41)36-23-24-37-38-35;2-1(3,4)5/h6,8-9,11-14,16-21H,7,10,15,22-25H2,1-5H3;/q;-1/p+1. The Hall–Kier alpha value is -4.31. The zero-order valence-corrected chi connectivity index (χ0v) is 27.2. The third-order valence-corrected chi connectivity index (χ3v) is 8.35. The van der Waals surface area contributed by atoms with Gasteiger partial charge in [0.15, 0.2) is 5.71 Å². The molecular formula is C34H43BF4N6O. The Morgan fingerprint density at radius 2 is 1.61 bits per heavy atom. The van der Waals surface area contributed by atoms with Gasteiger partial charge in [0.25, 0.3) is 0 Å². The molecule has 0 unspecified atom stereocenters. The van der Waals surface area contributed by atoms with E-state index in [4.69, 9.17) is 5.53 Å². The van der Waals surface area contributed by atoms with E-state index in [-0.39, 0.29) is 23.3 Å². The highest BCUT2D eigenvalue weighted by molar-refractivity contribution is 6.50. The smallest absolute Gasteiger partial charge is 0.418 e. The van der Waals surface area contributed by atoms with Gasteiger partial charge < -0.3 is 27.5 Å². The third kappa shape index (κ3) is 9.36. The molecule has 0 bridgehead atoms. The maximum absolute atomic E-state index is 12.0. The van der Waals surface area contributed by atoms with E-state index in [0.29, 0.717) is 13.0 Å². The molecule has 0 spiro atoms. The van der Waals surface area contributed by atoms with Gasteiger partial charge in [-0.1, -0.05) is 80.0 Å². The first-order valence-electron chi connectivity index (χ1n) is 15.5. The van der Waals surface area contributed by atoms with Crippen LogP contribution in [0.25, 0.3) is 10.4 Å². The first-order valence-corrected chi connectivity index (χ1v) is 15.5. The normalized spacial score (nSPS) is 17.2. The number of rotatable bonds is 12. The van der Waals surface area contributed by atoms with Crippen LogP contribution in [-0.4, -0.2) is 50.1 Å². The minimum absolute atomic E-state index is 0.0128. The SMILES string of the molecule is C[N+]1=C(C=C/C=C/C=C2\N(CCCCCC(=O)NCCN=[N+]=[N-])c3ccccc3C2(C)C)C(C)(C)c2ccccc21.F[B-](F)(F)F. The summed E-state index contributed by atoms with van der Waals surface area (Å²) >= 11 is 0. The second-order valence-corrected chi connectivity index (χ2v) is 12.3. The number of hydrogen-bond donors (Lipinski definition) is 1. The molecular weight excluding hydrogens is 595 g/mol. The monoisotopic (exact) mass is 638 g/mol. The lowest BCUT2D eigenvalue weighted by atomic mass is 9.81. The van der Waals surface area contributed by atoms with Crippen LogP contribution in [0.5, 0.6) is 0 Å². The molecule has 2 aliphatic rings. The number of benzene rings is 2. The number of carbonyl (C=O) groups is 1. The minimum atomic E-state index is -6.00. The van der Waals surface area contributed by atoms with E-state index in [1.807, 2.05) is 0 Å². The quantitative estimate of drug-likeness (QED) is 0.0369. The summed E-state index contributed by atoms with van der Waals surface area (Å²) < 4.78 is 41.3. The molecule has 12 heteroatoms. The molecule has 0 fully saturated rings. The van der Waals surface area contributed by atoms with Crippen molar-refractivity contribution in [2.75, 3.05) is 31.6 Å². The fraction of sp³-hybridized carbons (Fsp3) is 0.412. The number of allylic oxidation sites excluding steroid dienone is 6. The Morgan fingerprint density at radius 1 is 0.957 bits per heavy atom. The molecule has 1 N–H and O–H groups in total. The van der Waals surface area contributed by atoms with Gasteiger partial charge in [-0.15, -0.1) is 0 Å². The molecule has 0 aromatic heterocycles. The maximum atomic E-state index is 12.0. The van der Waals surface area contributed by atoms with Crippen LogP contribution in [0, 0.1) is 0 Å². The van der Waals surface area contributed by atoms with Gasteiger partial charge in [-0.25, -0.2) is 0 Å². The van der Waals surface area contributed by atoms with Crippen LogP contribution in [0.1, 0.15) is 64.5 Å². The van der Waals surface area contributed by atoms with Gasteiger partial charge in [-0.3, -0.25) is 4.79 Å². The highest BCUT2D eigenvalue weighted by atomic mass is 19.5. The van der Waals surface area contributed by atoms with Crippen LogP contribution in [0.4, 0.5) is 28.6 Å². The Bertz CT molecular complexity index is 1550. The van der Waals surface area contributed by atoms with E-state index < -0.39 is 7.25 Å². The van der Waals surface area contributed by atoms with Crippen molar-refractivity contribution in [3.63, 3.8) is 0 Å². The molecule has 2 aromatic rings. The van der Waals surface area contributed by atoms with Crippen LogP contribution in [0.15, 0.2) is 89.7 Å². The van der Waals surface area contributed by atoms with Crippen LogP contribution in [-0.2, 0) is 15.6 Å². The number of hydrogen-bond acceptors (Lipinski definition) is 3. The Morgan fingerprint density at radius 3 is 2.28 bits per heavy atom. The summed E-state index contributed by atoms with van der Waals surface area (Å²) in [7, 11) is -3.85. The van der Waals surface area contributed by atoms with Crippen molar-refractivity contribution in [3.8, 4) is 0 Å². The average molecular weight is 639 g/mol. The van der Waals surface area contributed by atoms with Gasteiger partial charge in [0, 0.05) is 65.5 Å². The number of carbonyl (C=O) groups excluding carboxylic acids is 1. The predicted octanol–water partition coefficient (Wildman–Crippen LogP) is 8.77. The molecule has 0 radical (unpaired) electrons. The van der Waals surface area contributed by atoms with Gasteiger partial charge in [0.2, 0.25) is 11.6 Å². The van der Waals surface area contributed by atoms with Crippen LogP contribution >= 0.6 is 0 Å². The Kier molecular flexibility index (Phi) is 12.4. The molecule has 2 heterocycles. The number of unbranched alkanes of at least 4 members (excludes halogenated alkanes) is 2. The Balaban J connectivity index is 0.00000107. The zero-order chi connectivity index (χ0) is 34.0. The number of azide groups is 1. The summed E-state index contributed by atoms with van der Waals surface area (Å²) in [6.07, 6.45) is 14.2. The number of amides is 1. The van der Waals surface area contributed by atoms with Crippen molar-refractivity contribution in [3.05, 3.63) is 106 Å². The molecule has 1 amide bonds. The molecule has 46 heavy (non-hydrogen) atoms. The van der Waals surface area contributed by atoms with E-state index in [2.05, 4.69) is 138 Å². The summed E-state index contributed by atoms with van der Waals surface area (Å²) in [6.45, 7) is 10.7. The molecule has 246 valence electrons. The number of nitrogens with zero attached hydrogens (tertiary/aromatic N) is 5. The van der Waals surface area contributed by atoms with Gasteiger partial charge in [0.1, 0.15) is 7.05 Å². The van der Waals surface area contributed by atoms with E-state index in [9.17, 15) is 22.1 Å². The van der Waals surface area contributed by atoms with Crippen molar-refractivity contribution in [2.24, 2.45) is 5.11 Å². The predicted molar refractivity (Wildman–Crippen MR) is 179 cm³/mol. The van der Waals surface area contributed by atoms with Gasteiger partial charge in [-0.05, 0) is 49.9 Å². The molecule has 2 aromatic carbocycles. The van der Waals surface area contributed by atoms with E-state index in [1.54, 1.807) is 0 Å². The first-order chi connectivity index (χ1) is 21.7. The lowest BCUT2D eigenvalue weighted by Gasteiger charge is -2.27. The second kappa shape index (κ2) is 15.8. The summed E-state index contributed by atoms with van der Waals surface area (Å²) in [5, 5.41) is 6.25. The lowest BCUT2D eigenvalue weighted by Crippen LogP contribution is -2.27. The fourth-order valence-electron chi connectivity index (χ4n) is 6.15. The molecule has 4 rings (SSSR count). The van der Waals surface area contributed by atoms with Crippen LogP contribution in [0.2, 0.25) is 0 Å². The van der Waals surface area contributed by atoms with Crippen molar-refractivity contribution in [1.29, 1.82) is 0 Å². The minimum Gasteiger partial charge on any atom is -0.418 e. The maximum Gasteiger partial charge on any atom is 0.673 e.